The first-order valence-electron chi connectivity index (χ1n) is 4.23. The highest BCUT2D eigenvalue weighted by Crippen LogP contribution is 2.34. The van der Waals surface area contributed by atoms with Crippen molar-refractivity contribution in [3.05, 3.63) is 29.1 Å². The van der Waals surface area contributed by atoms with Crippen LogP contribution in [-0.4, -0.2) is 12.9 Å². The largest absolute Gasteiger partial charge is 0.493 e. The molecule has 0 radical (unpaired) electrons. The zero-order chi connectivity index (χ0) is 12.5. The van der Waals surface area contributed by atoms with Crippen molar-refractivity contribution in [2.45, 2.75) is 13.1 Å². The van der Waals surface area contributed by atoms with E-state index >= 15 is 0 Å². The number of rotatable bonds is 2. The third-order valence-electron chi connectivity index (χ3n) is 1.95. The van der Waals surface area contributed by atoms with Crippen LogP contribution in [0.2, 0.25) is 0 Å². The Morgan fingerprint density at radius 1 is 1.31 bits per heavy atom. The van der Waals surface area contributed by atoms with E-state index in [0.29, 0.717) is 12.1 Å². The van der Waals surface area contributed by atoms with Crippen molar-refractivity contribution < 1.29 is 27.1 Å². The fourth-order valence-electron chi connectivity index (χ4n) is 1.23. The second-order valence-corrected chi connectivity index (χ2v) is 3.09. The molecular weight excluding hydrogens is 228 g/mol. The van der Waals surface area contributed by atoms with E-state index in [-0.39, 0.29) is 0 Å². The lowest BCUT2D eigenvalue weighted by Gasteiger charge is -2.12. The van der Waals surface area contributed by atoms with Crippen LogP contribution in [0.1, 0.15) is 22.8 Å². The number of hydrogen-bond donors (Lipinski definition) is 0. The number of Topliss-reactive ketones (excluding diaryl/α,β-unsaturated/α-hetero) is 1. The molecule has 0 atom stereocenters. The Morgan fingerprint density at radius 2 is 1.88 bits per heavy atom. The predicted molar refractivity (Wildman–Crippen MR) is 48.0 cm³/mol. The molecule has 0 fully saturated rings. The number of carbonyl (C=O) groups is 1. The van der Waals surface area contributed by atoms with Crippen molar-refractivity contribution in [3.8, 4) is 5.75 Å². The minimum absolute atomic E-state index is 0.297. The second-order valence-electron chi connectivity index (χ2n) is 3.09. The van der Waals surface area contributed by atoms with E-state index in [1.165, 1.54) is 0 Å². The summed E-state index contributed by atoms with van der Waals surface area (Å²) in [5, 5.41) is 0. The van der Waals surface area contributed by atoms with Gasteiger partial charge in [-0.1, -0.05) is 0 Å². The van der Waals surface area contributed by atoms with Gasteiger partial charge in [0.25, 0.3) is 0 Å². The predicted octanol–water partition coefficient (Wildman–Crippen LogP) is 3.06. The number of hydrogen-bond acceptors (Lipinski definition) is 2. The molecule has 0 saturated carbocycles. The lowest BCUT2D eigenvalue weighted by molar-refractivity contribution is -0.137. The zero-order valence-electron chi connectivity index (χ0n) is 8.48. The molecule has 0 aliphatic carbocycles. The maximum atomic E-state index is 13.2. The molecule has 1 aromatic rings. The Bertz CT molecular complexity index is 424. The molecule has 2 nitrogen and oxygen atoms in total. The smallest absolute Gasteiger partial charge is 0.416 e. The van der Waals surface area contributed by atoms with Crippen LogP contribution < -0.4 is 4.74 Å². The zero-order valence-corrected chi connectivity index (χ0v) is 8.48. The van der Waals surface area contributed by atoms with Crippen LogP contribution in [0.15, 0.2) is 12.1 Å². The number of halogens is 4. The van der Waals surface area contributed by atoms with Crippen molar-refractivity contribution in [1.82, 2.24) is 0 Å². The molecule has 0 bridgehead atoms. The highest BCUT2D eigenvalue weighted by Gasteiger charge is 2.33. The summed E-state index contributed by atoms with van der Waals surface area (Å²) in [7, 11) is 1.08. The van der Waals surface area contributed by atoms with Gasteiger partial charge in [0.1, 0.15) is 0 Å². The Kier molecular flexibility index (Phi) is 3.21. The fraction of sp³-hybridized carbons (Fsp3) is 0.300. The maximum absolute atomic E-state index is 13.2. The Balaban J connectivity index is 3.46. The molecule has 0 aliphatic heterocycles. The number of ketones is 1. The minimum atomic E-state index is -4.70. The van der Waals surface area contributed by atoms with E-state index in [2.05, 4.69) is 4.74 Å². The number of methoxy groups -OCH3 is 1. The molecule has 0 heterocycles. The van der Waals surface area contributed by atoms with Gasteiger partial charge in [-0.2, -0.15) is 13.2 Å². The molecule has 0 saturated heterocycles. The van der Waals surface area contributed by atoms with Gasteiger partial charge < -0.3 is 4.74 Å². The van der Waals surface area contributed by atoms with Gasteiger partial charge in [0.05, 0.1) is 18.2 Å². The van der Waals surface area contributed by atoms with Gasteiger partial charge in [-0.3, -0.25) is 4.79 Å². The van der Waals surface area contributed by atoms with Crippen molar-refractivity contribution in [2.24, 2.45) is 0 Å². The standard InChI is InChI=1S/C10H8F4O2/c1-5(15)7-3-6(10(12,13)14)4-8(11)9(7)16-2/h3-4H,1-2H3. The number of carbonyl (C=O) groups excluding carboxylic acids is 1. The van der Waals surface area contributed by atoms with E-state index in [9.17, 15) is 22.4 Å². The summed E-state index contributed by atoms with van der Waals surface area (Å²) in [5.74, 6) is -2.37. The summed E-state index contributed by atoms with van der Waals surface area (Å²) in [6.45, 7) is 1.04. The van der Waals surface area contributed by atoms with Crippen LogP contribution in [0.25, 0.3) is 0 Å². The summed E-state index contributed by atoms with van der Waals surface area (Å²) in [5.41, 5.74) is -1.63. The topological polar surface area (TPSA) is 26.3 Å². The first-order chi connectivity index (χ1) is 7.27. The van der Waals surface area contributed by atoms with Gasteiger partial charge in [0, 0.05) is 0 Å². The molecule has 6 heteroatoms. The summed E-state index contributed by atoms with van der Waals surface area (Å²) in [6, 6.07) is 0.871. The number of benzene rings is 1. The van der Waals surface area contributed by atoms with Gasteiger partial charge in [-0.25, -0.2) is 4.39 Å². The Morgan fingerprint density at radius 3 is 2.25 bits per heavy atom. The quantitative estimate of drug-likeness (QED) is 0.582. The summed E-state index contributed by atoms with van der Waals surface area (Å²) < 4.78 is 54.8. The van der Waals surface area contributed by atoms with E-state index < -0.39 is 34.7 Å². The summed E-state index contributed by atoms with van der Waals surface area (Å²) >= 11 is 0. The molecule has 0 aliphatic rings. The maximum Gasteiger partial charge on any atom is 0.416 e. The van der Waals surface area contributed by atoms with Gasteiger partial charge in [-0.15, -0.1) is 0 Å². The Labute approximate surface area is 88.8 Å². The van der Waals surface area contributed by atoms with Crippen LogP contribution in [0.3, 0.4) is 0 Å². The first kappa shape index (κ1) is 12.5. The van der Waals surface area contributed by atoms with Gasteiger partial charge in [0.15, 0.2) is 17.3 Å². The van der Waals surface area contributed by atoms with E-state index in [1.54, 1.807) is 0 Å². The molecule has 0 aromatic heterocycles. The Hall–Kier alpha value is -1.59. The second kappa shape index (κ2) is 4.11. The van der Waals surface area contributed by atoms with E-state index in [0.717, 1.165) is 14.0 Å². The number of ether oxygens (including phenoxy) is 1. The highest BCUT2D eigenvalue weighted by atomic mass is 19.4. The van der Waals surface area contributed by atoms with Crippen LogP contribution >= 0.6 is 0 Å². The highest BCUT2D eigenvalue weighted by molar-refractivity contribution is 5.97. The molecule has 1 rings (SSSR count). The van der Waals surface area contributed by atoms with Crippen molar-refractivity contribution in [2.75, 3.05) is 7.11 Å². The molecule has 16 heavy (non-hydrogen) atoms. The van der Waals surface area contributed by atoms with E-state index in [1.807, 2.05) is 0 Å². The van der Waals surface area contributed by atoms with Crippen LogP contribution in [0.4, 0.5) is 17.6 Å². The van der Waals surface area contributed by atoms with Crippen molar-refractivity contribution in [1.29, 1.82) is 0 Å². The molecule has 0 amide bonds. The molecule has 0 N–H and O–H groups in total. The van der Waals surface area contributed by atoms with Crippen molar-refractivity contribution in [3.63, 3.8) is 0 Å². The number of alkyl halides is 3. The average molecular weight is 236 g/mol. The third-order valence-corrected chi connectivity index (χ3v) is 1.95. The molecule has 88 valence electrons. The third kappa shape index (κ3) is 2.32. The van der Waals surface area contributed by atoms with Gasteiger partial charge in [-0.05, 0) is 19.1 Å². The average Bonchev–Trinajstić information content (AvgIpc) is 2.14. The summed E-state index contributed by atoms with van der Waals surface area (Å²) in [6.07, 6.45) is -4.70. The normalized spacial score (nSPS) is 11.4. The molecule has 0 spiro atoms. The van der Waals surface area contributed by atoms with Crippen LogP contribution in [0, 0.1) is 5.82 Å². The minimum Gasteiger partial charge on any atom is -0.493 e. The lowest BCUT2D eigenvalue weighted by Crippen LogP contribution is -2.09. The van der Waals surface area contributed by atoms with Crippen LogP contribution in [0.5, 0.6) is 5.75 Å². The molecular formula is C10H8F4O2. The molecule has 1 aromatic carbocycles. The fourth-order valence-corrected chi connectivity index (χ4v) is 1.23. The van der Waals surface area contributed by atoms with Gasteiger partial charge >= 0.3 is 6.18 Å². The SMILES string of the molecule is COc1c(F)cc(C(F)(F)F)cc1C(C)=O. The lowest BCUT2D eigenvalue weighted by atomic mass is 10.1. The molecule has 0 unspecified atom stereocenters. The monoisotopic (exact) mass is 236 g/mol. The van der Waals surface area contributed by atoms with Gasteiger partial charge in [0.2, 0.25) is 0 Å². The first-order valence-corrected chi connectivity index (χ1v) is 4.23. The van der Waals surface area contributed by atoms with Crippen molar-refractivity contribution >= 4 is 5.78 Å². The summed E-state index contributed by atoms with van der Waals surface area (Å²) in [4.78, 5) is 11.0. The van der Waals surface area contributed by atoms with E-state index in [4.69, 9.17) is 0 Å². The van der Waals surface area contributed by atoms with Crippen LogP contribution in [-0.2, 0) is 6.18 Å².